The van der Waals surface area contributed by atoms with Crippen LogP contribution in [0.5, 0.6) is 0 Å². The number of aromatic nitrogens is 3. The number of hydrogen-bond donors (Lipinski definition) is 2. The van der Waals surface area contributed by atoms with Crippen molar-refractivity contribution in [2.45, 2.75) is 35.2 Å². The fourth-order valence-corrected chi connectivity index (χ4v) is 5.05. The number of nitrogens with one attached hydrogen (secondary N) is 1. The summed E-state index contributed by atoms with van der Waals surface area (Å²) in [5.74, 6) is -0.149. The summed E-state index contributed by atoms with van der Waals surface area (Å²) < 4.78 is 6.97. The molecule has 0 bridgehead atoms. The Bertz CT molecular complexity index is 1080. The molecule has 4 heterocycles. The van der Waals surface area contributed by atoms with E-state index in [9.17, 15) is 9.90 Å². The topological polar surface area (TPSA) is 92.5 Å². The molecule has 10 heteroatoms. The van der Waals surface area contributed by atoms with E-state index >= 15 is 0 Å². The first-order valence-corrected chi connectivity index (χ1v) is 10.9. The molecule has 2 aliphatic heterocycles. The molecule has 1 amide bonds. The van der Waals surface area contributed by atoms with Crippen molar-refractivity contribution in [1.29, 1.82) is 0 Å². The van der Waals surface area contributed by atoms with Gasteiger partial charge in [0.1, 0.15) is 5.41 Å². The summed E-state index contributed by atoms with van der Waals surface area (Å²) in [6.07, 6.45) is 3.59. The summed E-state index contributed by atoms with van der Waals surface area (Å²) >= 11 is 2.81. The van der Waals surface area contributed by atoms with Crippen LogP contribution in [-0.4, -0.2) is 36.7 Å². The van der Waals surface area contributed by atoms with Crippen molar-refractivity contribution in [2.24, 2.45) is 0 Å². The number of carbonyl (C=O) groups excluding carboxylic acids is 1. The van der Waals surface area contributed by atoms with E-state index in [0.717, 1.165) is 26.7 Å². The molecule has 2 N–H and O–H groups in total. The predicted molar refractivity (Wildman–Crippen MR) is 113 cm³/mol. The van der Waals surface area contributed by atoms with Gasteiger partial charge in [-0.25, -0.2) is 4.09 Å². The average molecular weight is 442 g/mol. The van der Waals surface area contributed by atoms with Crippen molar-refractivity contribution in [1.82, 2.24) is 19.1 Å². The van der Waals surface area contributed by atoms with Gasteiger partial charge in [0.25, 0.3) is 0 Å². The van der Waals surface area contributed by atoms with Crippen LogP contribution in [0.15, 0.2) is 58.6 Å². The summed E-state index contributed by atoms with van der Waals surface area (Å²) in [6.45, 7) is 2.31. The minimum atomic E-state index is -1.08. The molecule has 30 heavy (non-hydrogen) atoms. The van der Waals surface area contributed by atoms with Gasteiger partial charge in [0, 0.05) is 41.3 Å². The highest BCUT2D eigenvalue weighted by atomic mass is 32.2. The number of rotatable bonds is 5. The zero-order valence-corrected chi connectivity index (χ0v) is 17.7. The van der Waals surface area contributed by atoms with Crippen LogP contribution in [0, 0.1) is 0 Å². The lowest BCUT2D eigenvalue weighted by Crippen LogP contribution is -2.46. The van der Waals surface area contributed by atoms with E-state index in [1.165, 1.54) is 24.0 Å². The molecule has 0 aliphatic carbocycles. The largest absolute Gasteiger partial charge is 0.395 e. The lowest BCUT2D eigenvalue weighted by atomic mass is 9.85. The number of nitrogens with zero attached hydrogens (tertiary/aromatic N) is 4. The molecule has 0 radical (unpaired) electrons. The third-order valence-corrected chi connectivity index (χ3v) is 6.82. The molecule has 3 aromatic rings. The molecule has 5 rings (SSSR count). The number of fused-ring (bicyclic) bond motifs is 2. The first-order valence-electron chi connectivity index (χ1n) is 9.38. The number of benzene rings is 1. The third-order valence-electron chi connectivity index (χ3n) is 5.30. The van der Waals surface area contributed by atoms with E-state index in [4.69, 9.17) is 4.28 Å². The van der Waals surface area contributed by atoms with Crippen LogP contribution in [0.4, 0.5) is 5.69 Å². The van der Waals surface area contributed by atoms with E-state index in [2.05, 4.69) is 15.6 Å². The van der Waals surface area contributed by atoms with Crippen molar-refractivity contribution < 1.29 is 14.2 Å². The van der Waals surface area contributed by atoms with Gasteiger partial charge in [-0.15, -0.1) is 0 Å². The van der Waals surface area contributed by atoms with Crippen LogP contribution in [0.25, 0.3) is 0 Å². The van der Waals surface area contributed by atoms with Gasteiger partial charge >= 0.3 is 0 Å². The highest BCUT2D eigenvalue weighted by Crippen LogP contribution is 2.38. The SMILES string of the molecule is CC(CO)(C(=O)N1Cc2cn(Sc3ccc4c(c3)SON4)nc2C1)c1ccccn1. The highest BCUT2D eigenvalue weighted by Gasteiger charge is 2.41. The highest BCUT2D eigenvalue weighted by molar-refractivity contribution is 7.98. The lowest BCUT2D eigenvalue weighted by molar-refractivity contribution is -0.139. The van der Waals surface area contributed by atoms with Crippen molar-refractivity contribution >= 4 is 35.6 Å². The number of anilines is 1. The van der Waals surface area contributed by atoms with Crippen LogP contribution >= 0.6 is 24.0 Å². The Morgan fingerprint density at radius 3 is 3.03 bits per heavy atom. The van der Waals surface area contributed by atoms with Crippen LogP contribution in [0.2, 0.25) is 0 Å². The number of aliphatic hydroxyl groups is 1. The average Bonchev–Trinajstić information content (AvgIpc) is 3.47. The van der Waals surface area contributed by atoms with E-state index in [0.29, 0.717) is 18.8 Å². The summed E-state index contributed by atoms with van der Waals surface area (Å²) in [6, 6.07) is 11.4. The maximum Gasteiger partial charge on any atom is 0.237 e. The molecular weight excluding hydrogens is 422 g/mol. The summed E-state index contributed by atoms with van der Waals surface area (Å²) in [7, 11) is 0. The van der Waals surface area contributed by atoms with Gasteiger partial charge in [-0.2, -0.15) is 9.38 Å². The Kier molecular flexibility index (Phi) is 4.94. The zero-order chi connectivity index (χ0) is 20.7. The van der Waals surface area contributed by atoms with Crippen LogP contribution in [-0.2, 0) is 27.6 Å². The van der Waals surface area contributed by atoms with E-state index in [1.54, 1.807) is 30.2 Å². The van der Waals surface area contributed by atoms with Crippen molar-refractivity contribution in [3.63, 3.8) is 0 Å². The Morgan fingerprint density at radius 2 is 2.27 bits per heavy atom. The molecule has 2 aromatic heterocycles. The molecule has 0 fully saturated rings. The fraction of sp³-hybridized carbons (Fsp3) is 0.250. The fourth-order valence-electron chi connectivity index (χ4n) is 3.55. The first-order chi connectivity index (χ1) is 14.6. The normalized spacial score (nSPS) is 16.7. The Balaban J connectivity index is 1.30. The van der Waals surface area contributed by atoms with Gasteiger partial charge in [-0.05, 0) is 37.3 Å². The number of amides is 1. The molecule has 0 spiro atoms. The maximum atomic E-state index is 13.2. The van der Waals surface area contributed by atoms with E-state index < -0.39 is 5.41 Å². The Hall–Kier alpha value is -2.53. The second-order valence-corrected chi connectivity index (χ2v) is 9.19. The summed E-state index contributed by atoms with van der Waals surface area (Å²) in [5.41, 5.74) is 5.17. The second kappa shape index (κ2) is 7.62. The lowest BCUT2D eigenvalue weighted by Gasteiger charge is -2.30. The predicted octanol–water partition coefficient (Wildman–Crippen LogP) is 2.99. The molecule has 1 unspecified atom stereocenters. The van der Waals surface area contributed by atoms with E-state index in [1.807, 2.05) is 34.5 Å². The molecule has 8 nitrogen and oxygen atoms in total. The molecule has 0 saturated heterocycles. The third kappa shape index (κ3) is 3.35. The van der Waals surface area contributed by atoms with Crippen LogP contribution in [0.3, 0.4) is 0 Å². The standard InChI is InChI=1S/C20H19N5O3S2/c1-20(12-26,18-4-2-3-7-21-18)19(27)24-9-13-10-25(22-16(13)11-24)29-14-5-6-15-17(8-14)30-28-23-15/h2-8,10,23,26H,9,11-12H2,1H3. The minimum absolute atomic E-state index is 0.149. The Labute approximate surface area is 181 Å². The van der Waals surface area contributed by atoms with Gasteiger partial charge in [-0.3, -0.25) is 15.3 Å². The minimum Gasteiger partial charge on any atom is -0.395 e. The monoisotopic (exact) mass is 441 g/mol. The quantitative estimate of drug-likeness (QED) is 0.584. The van der Waals surface area contributed by atoms with Crippen LogP contribution in [0.1, 0.15) is 23.9 Å². The number of aliphatic hydroxyl groups excluding tert-OH is 1. The summed E-state index contributed by atoms with van der Waals surface area (Å²) in [4.78, 5) is 21.3. The van der Waals surface area contributed by atoms with Crippen molar-refractivity contribution in [3.05, 3.63) is 65.7 Å². The van der Waals surface area contributed by atoms with Gasteiger partial charge in [0.05, 0.1) is 47.2 Å². The zero-order valence-electron chi connectivity index (χ0n) is 16.1. The van der Waals surface area contributed by atoms with Gasteiger partial charge in [0.15, 0.2) is 0 Å². The molecule has 0 saturated carbocycles. The molecule has 1 aromatic carbocycles. The molecule has 2 aliphatic rings. The van der Waals surface area contributed by atoms with Gasteiger partial charge < -0.3 is 10.0 Å². The van der Waals surface area contributed by atoms with Crippen molar-refractivity contribution in [3.8, 4) is 0 Å². The van der Waals surface area contributed by atoms with Gasteiger partial charge in [0.2, 0.25) is 5.91 Å². The van der Waals surface area contributed by atoms with Crippen LogP contribution < -0.4 is 5.48 Å². The molecule has 1 atom stereocenters. The van der Waals surface area contributed by atoms with Gasteiger partial charge in [-0.1, -0.05) is 6.07 Å². The number of carbonyl (C=O) groups is 1. The first kappa shape index (κ1) is 19.4. The number of hydrogen-bond acceptors (Lipinski definition) is 8. The second-order valence-electron chi connectivity index (χ2n) is 7.39. The molecule has 154 valence electrons. The smallest absolute Gasteiger partial charge is 0.237 e. The maximum absolute atomic E-state index is 13.2. The van der Waals surface area contributed by atoms with E-state index in [-0.39, 0.29) is 12.5 Å². The van der Waals surface area contributed by atoms with Crippen molar-refractivity contribution in [2.75, 3.05) is 12.1 Å². The number of pyridine rings is 1. The molecular formula is C20H19N5O3S2. The Morgan fingerprint density at radius 1 is 1.37 bits per heavy atom. The summed E-state index contributed by atoms with van der Waals surface area (Å²) in [5, 5.41) is 14.6.